The summed E-state index contributed by atoms with van der Waals surface area (Å²) in [6.45, 7) is 0. The van der Waals surface area contributed by atoms with E-state index in [9.17, 15) is 8.42 Å². The van der Waals surface area contributed by atoms with Crippen molar-refractivity contribution in [2.24, 2.45) is 7.05 Å². The molecule has 0 aromatic carbocycles. The standard InChI is InChI=1S/C9H13ClN2O2S/c1-12-8(10)6-11-9(12)7-2-4-15(13,14)5-3-7/h6-7H,2-5H2,1H3. The van der Waals surface area contributed by atoms with E-state index in [1.165, 1.54) is 0 Å². The van der Waals surface area contributed by atoms with Gasteiger partial charge in [-0.15, -0.1) is 0 Å². The summed E-state index contributed by atoms with van der Waals surface area (Å²) in [4.78, 5) is 4.22. The van der Waals surface area contributed by atoms with Crippen molar-refractivity contribution in [3.8, 4) is 0 Å². The summed E-state index contributed by atoms with van der Waals surface area (Å²) in [5.74, 6) is 1.66. The van der Waals surface area contributed by atoms with Crippen LogP contribution in [0, 0.1) is 0 Å². The molecule has 1 aliphatic heterocycles. The van der Waals surface area contributed by atoms with Crippen molar-refractivity contribution in [1.82, 2.24) is 9.55 Å². The van der Waals surface area contributed by atoms with E-state index in [-0.39, 0.29) is 17.4 Å². The van der Waals surface area contributed by atoms with Crippen LogP contribution in [0.3, 0.4) is 0 Å². The van der Waals surface area contributed by atoms with Crippen molar-refractivity contribution in [2.45, 2.75) is 18.8 Å². The van der Waals surface area contributed by atoms with Crippen molar-refractivity contribution in [3.05, 3.63) is 17.2 Å². The zero-order valence-electron chi connectivity index (χ0n) is 8.48. The third-order valence-corrected chi connectivity index (χ3v) is 4.95. The van der Waals surface area contributed by atoms with Gasteiger partial charge in [-0.05, 0) is 12.8 Å². The molecule has 1 saturated heterocycles. The Hall–Kier alpha value is -0.550. The Morgan fingerprint density at radius 1 is 1.47 bits per heavy atom. The Labute approximate surface area is 94.2 Å². The first-order valence-corrected chi connectivity index (χ1v) is 7.07. The van der Waals surface area contributed by atoms with Crippen LogP contribution in [0.25, 0.3) is 0 Å². The number of nitrogens with zero attached hydrogens (tertiary/aromatic N) is 2. The molecule has 0 amide bonds. The number of halogens is 1. The van der Waals surface area contributed by atoms with Crippen LogP contribution < -0.4 is 0 Å². The highest BCUT2D eigenvalue weighted by Gasteiger charge is 2.27. The van der Waals surface area contributed by atoms with Gasteiger partial charge in [0.15, 0.2) is 0 Å². The molecule has 1 aliphatic rings. The maximum atomic E-state index is 11.3. The summed E-state index contributed by atoms with van der Waals surface area (Å²) in [5, 5.41) is 0.596. The molecule has 84 valence electrons. The van der Waals surface area contributed by atoms with E-state index in [1.54, 1.807) is 6.20 Å². The number of hydrogen-bond acceptors (Lipinski definition) is 3. The zero-order valence-corrected chi connectivity index (χ0v) is 10.1. The quantitative estimate of drug-likeness (QED) is 0.754. The molecule has 1 aromatic heterocycles. The van der Waals surface area contributed by atoms with E-state index in [2.05, 4.69) is 4.98 Å². The van der Waals surface area contributed by atoms with Crippen molar-refractivity contribution in [3.63, 3.8) is 0 Å². The van der Waals surface area contributed by atoms with Crippen LogP contribution in [0.1, 0.15) is 24.6 Å². The Balaban J connectivity index is 2.18. The molecule has 1 aromatic rings. The molecule has 1 fully saturated rings. The lowest BCUT2D eigenvalue weighted by Crippen LogP contribution is -2.23. The molecule has 0 radical (unpaired) electrons. The van der Waals surface area contributed by atoms with Gasteiger partial charge < -0.3 is 4.57 Å². The van der Waals surface area contributed by atoms with Gasteiger partial charge in [-0.3, -0.25) is 0 Å². The molecule has 0 spiro atoms. The Kier molecular flexibility index (Phi) is 2.77. The first kappa shape index (κ1) is 11.0. The van der Waals surface area contributed by atoms with Crippen LogP contribution in [0.2, 0.25) is 5.15 Å². The Morgan fingerprint density at radius 3 is 2.53 bits per heavy atom. The number of rotatable bonds is 1. The molecule has 6 heteroatoms. The predicted molar refractivity (Wildman–Crippen MR) is 58.8 cm³/mol. The smallest absolute Gasteiger partial charge is 0.150 e. The fourth-order valence-corrected chi connectivity index (χ4v) is 3.56. The van der Waals surface area contributed by atoms with Crippen LogP contribution in [0.4, 0.5) is 0 Å². The van der Waals surface area contributed by atoms with Gasteiger partial charge in [0.05, 0.1) is 17.7 Å². The summed E-state index contributed by atoms with van der Waals surface area (Å²) in [6.07, 6.45) is 2.92. The monoisotopic (exact) mass is 248 g/mol. The second-order valence-corrected chi connectivity index (χ2v) is 6.62. The summed E-state index contributed by atoms with van der Waals surface area (Å²) in [7, 11) is -0.945. The van der Waals surface area contributed by atoms with Gasteiger partial charge in [0.2, 0.25) is 0 Å². The summed E-state index contributed by atoms with van der Waals surface area (Å²) in [6, 6.07) is 0. The van der Waals surface area contributed by atoms with Crippen LogP contribution >= 0.6 is 11.6 Å². The maximum Gasteiger partial charge on any atom is 0.150 e. The maximum absolute atomic E-state index is 11.3. The second-order valence-electron chi connectivity index (χ2n) is 3.92. The van der Waals surface area contributed by atoms with Crippen LogP contribution in [0.5, 0.6) is 0 Å². The average Bonchev–Trinajstić information content (AvgIpc) is 2.49. The SMILES string of the molecule is Cn1c(Cl)cnc1C1CCS(=O)(=O)CC1. The van der Waals surface area contributed by atoms with Crippen molar-refractivity contribution in [1.29, 1.82) is 0 Å². The molecule has 0 atom stereocenters. The number of sulfone groups is 1. The molecule has 0 bridgehead atoms. The first-order valence-electron chi connectivity index (χ1n) is 4.87. The molecule has 0 saturated carbocycles. The van der Waals surface area contributed by atoms with Crippen LogP contribution in [0.15, 0.2) is 6.20 Å². The lowest BCUT2D eigenvalue weighted by atomic mass is 10.0. The summed E-state index contributed by atoms with van der Waals surface area (Å²) >= 11 is 5.89. The van der Waals surface area contributed by atoms with Crippen LogP contribution in [-0.2, 0) is 16.9 Å². The highest BCUT2D eigenvalue weighted by molar-refractivity contribution is 7.91. The van der Waals surface area contributed by atoms with Crippen molar-refractivity contribution >= 4 is 21.4 Å². The lowest BCUT2D eigenvalue weighted by molar-refractivity contribution is 0.527. The van der Waals surface area contributed by atoms with E-state index in [0.29, 0.717) is 18.0 Å². The normalized spacial score (nSPS) is 21.7. The fraction of sp³-hybridized carbons (Fsp3) is 0.667. The highest BCUT2D eigenvalue weighted by atomic mass is 35.5. The van der Waals surface area contributed by atoms with Crippen molar-refractivity contribution in [2.75, 3.05) is 11.5 Å². The van der Waals surface area contributed by atoms with E-state index in [0.717, 1.165) is 5.82 Å². The number of imidazole rings is 1. The third-order valence-electron chi connectivity index (χ3n) is 2.89. The Morgan fingerprint density at radius 2 is 2.07 bits per heavy atom. The minimum atomic E-state index is -2.80. The molecule has 0 unspecified atom stereocenters. The largest absolute Gasteiger partial charge is 0.322 e. The molecule has 0 aliphatic carbocycles. The fourth-order valence-electron chi connectivity index (χ4n) is 1.93. The topological polar surface area (TPSA) is 52.0 Å². The lowest BCUT2D eigenvalue weighted by Gasteiger charge is -2.21. The van der Waals surface area contributed by atoms with E-state index < -0.39 is 9.84 Å². The predicted octanol–water partition coefficient (Wildman–Crippen LogP) is 1.37. The molecule has 0 N–H and O–H groups in total. The average molecular weight is 249 g/mol. The van der Waals surface area contributed by atoms with E-state index in [1.807, 2.05) is 11.6 Å². The molecular formula is C9H13ClN2O2S. The third kappa shape index (κ3) is 2.18. The minimum absolute atomic E-state index is 0.228. The van der Waals surface area contributed by atoms with E-state index >= 15 is 0 Å². The highest BCUT2D eigenvalue weighted by Crippen LogP contribution is 2.29. The number of hydrogen-bond donors (Lipinski definition) is 0. The molecule has 2 rings (SSSR count). The van der Waals surface area contributed by atoms with Crippen molar-refractivity contribution < 1.29 is 8.42 Å². The molecule has 2 heterocycles. The summed E-state index contributed by atoms with van der Waals surface area (Å²) < 4.78 is 24.4. The van der Waals surface area contributed by atoms with Gasteiger partial charge >= 0.3 is 0 Å². The molecular weight excluding hydrogens is 236 g/mol. The molecule has 4 nitrogen and oxygen atoms in total. The van der Waals surface area contributed by atoms with Gasteiger partial charge in [0.25, 0.3) is 0 Å². The van der Waals surface area contributed by atoms with Gasteiger partial charge in [-0.25, -0.2) is 13.4 Å². The Bertz CT molecular complexity index is 452. The van der Waals surface area contributed by atoms with Gasteiger partial charge in [0.1, 0.15) is 20.8 Å². The number of aromatic nitrogens is 2. The second kappa shape index (κ2) is 3.79. The van der Waals surface area contributed by atoms with Crippen LogP contribution in [-0.4, -0.2) is 29.5 Å². The summed E-state index contributed by atoms with van der Waals surface area (Å²) in [5.41, 5.74) is 0. The minimum Gasteiger partial charge on any atom is -0.322 e. The first-order chi connectivity index (χ1) is 6.99. The zero-order chi connectivity index (χ0) is 11.1. The van der Waals surface area contributed by atoms with Gasteiger partial charge in [0, 0.05) is 13.0 Å². The molecule has 15 heavy (non-hydrogen) atoms. The van der Waals surface area contributed by atoms with E-state index in [4.69, 9.17) is 11.6 Å². The van der Waals surface area contributed by atoms with Gasteiger partial charge in [-0.2, -0.15) is 0 Å². The van der Waals surface area contributed by atoms with Gasteiger partial charge in [-0.1, -0.05) is 11.6 Å².